The van der Waals surface area contributed by atoms with Gasteiger partial charge in [-0.1, -0.05) is 24.3 Å². The summed E-state index contributed by atoms with van der Waals surface area (Å²) >= 11 is 0. The van der Waals surface area contributed by atoms with Crippen LogP contribution in [0.25, 0.3) is 0 Å². The Hall–Kier alpha value is -3.02. The monoisotopic (exact) mass is 607 g/mol. The molecule has 2 fully saturated rings. The van der Waals surface area contributed by atoms with Crippen molar-refractivity contribution in [2.45, 2.75) is 57.8 Å². The summed E-state index contributed by atoms with van der Waals surface area (Å²) in [6, 6.07) is 8.45. The molecule has 2 aromatic carbocycles. The van der Waals surface area contributed by atoms with Gasteiger partial charge in [-0.3, -0.25) is 14.5 Å². The van der Waals surface area contributed by atoms with Crippen LogP contribution in [0.4, 0.5) is 17.6 Å². The van der Waals surface area contributed by atoms with Crippen LogP contribution in [0.5, 0.6) is 5.75 Å². The fourth-order valence-electron chi connectivity index (χ4n) is 6.70. The number of rotatable bonds is 10. The first kappa shape index (κ1) is 32.9. The van der Waals surface area contributed by atoms with Crippen LogP contribution in [0.1, 0.15) is 54.1 Å². The Morgan fingerprint density at radius 1 is 1.07 bits per heavy atom. The first-order valence-electron chi connectivity index (χ1n) is 14.9. The molecule has 2 heterocycles. The van der Waals surface area contributed by atoms with Gasteiger partial charge < -0.3 is 20.0 Å². The zero-order chi connectivity index (χ0) is 31.5. The van der Waals surface area contributed by atoms with Crippen LogP contribution in [0, 0.1) is 24.6 Å². The SMILES string of the molecule is Cc1c(F)cccc1[C@H]1[C@@H](C(=O)c2cccc(O)c2)CN(CCN(CCO)C(C)C)C[C@@H]1C(=O)N1CCC[C@@H]1C(F)(F)F. The molecule has 4 atom stereocenters. The summed E-state index contributed by atoms with van der Waals surface area (Å²) in [4.78, 5) is 33.2. The van der Waals surface area contributed by atoms with E-state index in [0.717, 1.165) is 4.90 Å². The lowest BCUT2D eigenvalue weighted by atomic mass is 9.69. The van der Waals surface area contributed by atoms with Gasteiger partial charge in [0.25, 0.3) is 0 Å². The number of hydrogen-bond donors (Lipinski definition) is 2. The lowest BCUT2D eigenvalue weighted by molar-refractivity contribution is -0.185. The third kappa shape index (κ3) is 7.38. The smallest absolute Gasteiger partial charge is 0.408 e. The van der Waals surface area contributed by atoms with Crippen LogP contribution >= 0.6 is 0 Å². The van der Waals surface area contributed by atoms with Gasteiger partial charge in [0.2, 0.25) is 5.91 Å². The molecule has 2 saturated heterocycles. The number of piperidine rings is 1. The highest BCUT2D eigenvalue weighted by Crippen LogP contribution is 2.44. The van der Waals surface area contributed by atoms with Crippen molar-refractivity contribution in [1.82, 2.24) is 14.7 Å². The predicted molar refractivity (Wildman–Crippen MR) is 154 cm³/mol. The number of ketones is 1. The summed E-state index contributed by atoms with van der Waals surface area (Å²) in [5, 5.41) is 19.6. The van der Waals surface area contributed by atoms with Crippen LogP contribution in [-0.4, -0.2) is 101 Å². The lowest BCUT2D eigenvalue weighted by Gasteiger charge is -2.45. The molecule has 2 aliphatic rings. The van der Waals surface area contributed by atoms with Gasteiger partial charge in [-0.2, -0.15) is 13.2 Å². The van der Waals surface area contributed by atoms with Gasteiger partial charge in [-0.05, 0) is 62.9 Å². The molecule has 0 aliphatic carbocycles. The highest BCUT2D eigenvalue weighted by Gasteiger charge is 2.52. The molecule has 2 N–H and O–H groups in total. The number of nitrogens with zero attached hydrogens (tertiary/aromatic N) is 3. The van der Waals surface area contributed by atoms with Crippen LogP contribution < -0.4 is 0 Å². The predicted octanol–water partition coefficient (Wildman–Crippen LogP) is 4.61. The van der Waals surface area contributed by atoms with Gasteiger partial charge in [-0.25, -0.2) is 4.39 Å². The molecule has 2 aliphatic heterocycles. The average Bonchev–Trinajstić information content (AvgIpc) is 3.46. The molecule has 0 radical (unpaired) electrons. The Bertz CT molecular complexity index is 1290. The molecule has 0 unspecified atom stereocenters. The Morgan fingerprint density at radius 2 is 1.77 bits per heavy atom. The normalized spacial score (nSPS) is 23.3. The minimum Gasteiger partial charge on any atom is -0.508 e. The maximum absolute atomic E-state index is 14.9. The van der Waals surface area contributed by atoms with Crippen LogP contribution in [0.3, 0.4) is 0 Å². The topological polar surface area (TPSA) is 84.3 Å². The van der Waals surface area contributed by atoms with Crippen molar-refractivity contribution in [3.63, 3.8) is 0 Å². The number of halogens is 4. The van der Waals surface area contributed by atoms with Crippen molar-refractivity contribution in [2.24, 2.45) is 11.8 Å². The number of phenolic OH excluding ortho intramolecular Hbond substituents is 1. The molecule has 236 valence electrons. The van der Waals surface area contributed by atoms with Crippen molar-refractivity contribution in [2.75, 3.05) is 45.9 Å². The van der Waals surface area contributed by atoms with Crippen LogP contribution in [-0.2, 0) is 4.79 Å². The second-order valence-corrected chi connectivity index (χ2v) is 12.0. The third-order valence-electron chi connectivity index (χ3n) is 8.96. The summed E-state index contributed by atoms with van der Waals surface area (Å²) in [5.74, 6) is -4.55. The Morgan fingerprint density at radius 3 is 2.42 bits per heavy atom. The first-order chi connectivity index (χ1) is 20.3. The fourth-order valence-corrected chi connectivity index (χ4v) is 6.70. The number of aliphatic hydroxyl groups excluding tert-OH is 1. The van der Waals surface area contributed by atoms with Crippen molar-refractivity contribution in [3.8, 4) is 5.75 Å². The summed E-state index contributed by atoms with van der Waals surface area (Å²) in [6.07, 6.45) is -4.57. The number of hydrogen-bond acceptors (Lipinski definition) is 6. The highest BCUT2D eigenvalue weighted by molar-refractivity contribution is 5.99. The second kappa shape index (κ2) is 13.7. The molecule has 0 spiro atoms. The summed E-state index contributed by atoms with van der Waals surface area (Å²) < 4.78 is 57.0. The molecule has 1 amide bonds. The number of likely N-dealkylation sites (tertiary alicyclic amines) is 2. The van der Waals surface area contributed by atoms with E-state index in [1.165, 1.54) is 30.3 Å². The Kier molecular flexibility index (Phi) is 10.5. The standard InChI is InChI=1S/C32H41F4N3O4/c1-20(2)38(15-16-40)14-13-37-18-25(30(42)22-7-4-8-23(41)17-22)29(24-9-5-10-27(33)21(24)3)26(19-37)31(43)39-12-6-11-28(39)32(34,35)36/h4-5,7-10,17,20,25-26,28-29,40-41H,6,11-16,18-19H2,1-3H3/t25-,26-,28+,29-/m0/s1. The van der Waals surface area contributed by atoms with Gasteiger partial charge in [0.15, 0.2) is 5.78 Å². The molecule has 43 heavy (non-hydrogen) atoms. The number of phenols is 1. The summed E-state index contributed by atoms with van der Waals surface area (Å²) in [5.41, 5.74) is 0.870. The van der Waals surface area contributed by atoms with E-state index < -0.39 is 41.7 Å². The van der Waals surface area contributed by atoms with E-state index in [1.54, 1.807) is 19.1 Å². The van der Waals surface area contributed by atoms with E-state index in [4.69, 9.17) is 0 Å². The number of amides is 1. The van der Waals surface area contributed by atoms with Crippen molar-refractivity contribution in [1.29, 1.82) is 0 Å². The number of benzene rings is 2. The van der Waals surface area contributed by atoms with Gasteiger partial charge in [0.1, 0.15) is 17.6 Å². The number of Topliss-reactive ketones (excluding diaryl/α,β-unsaturated/α-hetero) is 1. The zero-order valence-corrected chi connectivity index (χ0v) is 24.9. The molecule has 11 heteroatoms. The number of aromatic hydroxyl groups is 1. The Balaban J connectivity index is 1.80. The van der Waals surface area contributed by atoms with E-state index in [1.807, 2.05) is 23.6 Å². The number of aliphatic hydroxyl groups is 1. The van der Waals surface area contributed by atoms with E-state index in [-0.39, 0.29) is 67.8 Å². The molecule has 0 saturated carbocycles. The third-order valence-corrected chi connectivity index (χ3v) is 8.96. The molecule has 4 rings (SSSR count). The zero-order valence-electron chi connectivity index (χ0n) is 24.9. The largest absolute Gasteiger partial charge is 0.508 e. The lowest BCUT2D eigenvalue weighted by Crippen LogP contribution is -2.56. The minimum absolute atomic E-state index is 0.0445. The van der Waals surface area contributed by atoms with Crippen molar-refractivity contribution < 1.29 is 37.4 Å². The maximum atomic E-state index is 14.9. The van der Waals surface area contributed by atoms with Gasteiger partial charge in [-0.15, -0.1) is 0 Å². The highest BCUT2D eigenvalue weighted by atomic mass is 19.4. The average molecular weight is 608 g/mol. The maximum Gasteiger partial charge on any atom is 0.408 e. The van der Waals surface area contributed by atoms with E-state index in [2.05, 4.69) is 0 Å². The van der Waals surface area contributed by atoms with E-state index in [9.17, 15) is 37.4 Å². The summed E-state index contributed by atoms with van der Waals surface area (Å²) in [7, 11) is 0. The van der Waals surface area contributed by atoms with Crippen molar-refractivity contribution >= 4 is 11.7 Å². The molecule has 7 nitrogen and oxygen atoms in total. The quantitative estimate of drug-likeness (QED) is 0.303. The second-order valence-electron chi connectivity index (χ2n) is 12.0. The first-order valence-corrected chi connectivity index (χ1v) is 14.9. The summed E-state index contributed by atoms with van der Waals surface area (Å²) in [6.45, 7) is 7.05. The number of alkyl halides is 3. The molecular formula is C32H41F4N3O4. The Labute approximate surface area is 250 Å². The molecule has 2 aromatic rings. The van der Waals surface area contributed by atoms with Gasteiger partial charge >= 0.3 is 6.18 Å². The molecule has 0 bridgehead atoms. The van der Waals surface area contributed by atoms with E-state index >= 15 is 0 Å². The van der Waals surface area contributed by atoms with Gasteiger partial charge in [0, 0.05) is 62.7 Å². The van der Waals surface area contributed by atoms with Crippen LogP contribution in [0.15, 0.2) is 42.5 Å². The van der Waals surface area contributed by atoms with Crippen molar-refractivity contribution in [3.05, 3.63) is 65.0 Å². The number of carbonyl (C=O) groups excluding carboxylic acids is 2. The minimum atomic E-state index is -4.59. The fraction of sp³-hybridized carbons (Fsp3) is 0.562. The van der Waals surface area contributed by atoms with Gasteiger partial charge in [0.05, 0.1) is 12.5 Å². The van der Waals surface area contributed by atoms with Crippen LogP contribution in [0.2, 0.25) is 0 Å². The molecule has 0 aromatic heterocycles. The van der Waals surface area contributed by atoms with E-state index in [0.29, 0.717) is 25.2 Å². The molecular weight excluding hydrogens is 566 g/mol. The number of carbonyl (C=O) groups is 2.